The van der Waals surface area contributed by atoms with Crippen LogP contribution in [0, 0.1) is 0 Å². The minimum Gasteiger partial charge on any atom is -0.478 e. The van der Waals surface area contributed by atoms with Crippen LogP contribution in [0.15, 0.2) is 66.7 Å². The summed E-state index contributed by atoms with van der Waals surface area (Å²) < 4.78 is 0. The van der Waals surface area contributed by atoms with Crippen LogP contribution >= 0.6 is 0 Å². The molecule has 0 heterocycles. The highest BCUT2D eigenvalue weighted by molar-refractivity contribution is 6.09. The molecular weight excluding hydrogens is 264 g/mol. The minimum atomic E-state index is -0.980. The molecule has 3 heteroatoms. The smallest absolute Gasteiger partial charge is 0.330 e. The van der Waals surface area contributed by atoms with Crippen LogP contribution in [0.25, 0.3) is 0 Å². The molecule has 0 saturated carbocycles. The molecule has 0 spiro atoms. The molecule has 0 atom stereocenters. The fraction of sp³-hybridized carbons (Fsp3) is 0.111. The molecule has 0 aliphatic heterocycles. The van der Waals surface area contributed by atoms with E-state index in [0.29, 0.717) is 24.0 Å². The van der Waals surface area contributed by atoms with Crippen molar-refractivity contribution in [2.45, 2.75) is 12.8 Å². The summed E-state index contributed by atoms with van der Waals surface area (Å²) in [6, 6.07) is 16.4. The Balaban J connectivity index is 2.13. The highest BCUT2D eigenvalue weighted by Gasteiger charge is 2.09. The first kappa shape index (κ1) is 14.7. The number of carboxylic acid groups (broad SMARTS) is 1. The van der Waals surface area contributed by atoms with Crippen LogP contribution in [0.2, 0.25) is 0 Å². The number of rotatable bonds is 6. The molecule has 0 saturated heterocycles. The predicted octanol–water partition coefficient (Wildman–Crippen LogP) is 3.49. The van der Waals surface area contributed by atoms with E-state index in [1.54, 1.807) is 18.2 Å². The zero-order valence-electron chi connectivity index (χ0n) is 11.6. The molecule has 1 N–H and O–H groups in total. The molecular formula is C18H16O3. The summed E-state index contributed by atoms with van der Waals surface area (Å²) in [6.45, 7) is 3.51. The molecule has 2 aromatic rings. The van der Waals surface area contributed by atoms with E-state index in [1.165, 1.54) is 0 Å². The fourth-order valence-corrected chi connectivity index (χ4v) is 2.03. The molecule has 2 rings (SSSR count). The number of hydrogen-bond donors (Lipinski definition) is 1. The third kappa shape index (κ3) is 3.89. The van der Waals surface area contributed by atoms with E-state index in [9.17, 15) is 9.59 Å². The highest BCUT2D eigenvalue weighted by atomic mass is 16.4. The van der Waals surface area contributed by atoms with Gasteiger partial charge in [0, 0.05) is 16.7 Å². The molecule has 0 unspecified atom stereocenters. The van der Waals surface area contributed by atoms with Gasteiger partial charge in [-0.2, -0.15) is 0 Å². The van der Waals surface area contributed by atoms with Gasteiger partial charge in [0.1, 0.15) is 0 Å². The van der Waals surface area contributed by atoms with Gasteiger partial charge in [0.2, 0.25) is 0 Å². The van der Waals surface area contributed by atoms with Gasteiger partial charge >= 0.3 is 5.97 Å². The van der Waals surface area contributed by atoms with Gasteiger partial charge in [0.15, 0.2) is 5.78 Å². The van der Waals surface area contributed by atoms with E-state index in [0.717, 1.165) is 5.56 Å². The van der Waals surface area contributed by atoms with Gasteiger partial charge in [-0.15, -0.1) is 0 Å². The third-order valence-electron chi connectivity index (χ3n) is 3.24. The van der Waals surface area contributed by atoms with Gasteiger partial charge in [0.05, 0.1) is 0 Å². The summed E-state index contributed by atoms with van der Waals surface area (Å²) in [5.74, 6) is -1.01. The average molecular weight is 280 g/mol. The normalized spacial score (nSPS) is 10.1. The largest absolute Gasteiger partial charge is 0.478 e. The summed E-state index contributed by atoms with van der Waals surface area (Å²) in [5, 5.41) is 8.80. The number of carboxylic acids is 1. The molecule has 0 amide bonds. The van der Waals surface area contributed by atoms with Crippen molar-refractivity contribution in [1.82, 2.24) is 0 Å². The lowest BCUT2D eigenvalue weighted by molar-refractivity contribution is -0.132. The van der Waals surface area contributed by atoms with E-state index in [1.807, 2.05) is 36.4 Å². The van der Waals surface area contributed by atoms with Crippen LogP contribution in [0.4, 0.5) is 0 Å². The monoisotopic (exact) mass is 280 g/mol. The van der Waals surface area contributed by atoms with Crippen LogP contribution < -0.4 is 0 Å². The van der Waals surface area contributed by atoms with Crippen LogP contribution in [-0.2, 0) is 11.2 Å². The summed E-state index contributed by atoms with van der Waals surface area (Å²) >= 11 is 0. The number of hydrogen-bond acceptors (Lipinski definition) is 2. The first-order valence-electron chi connectivity index (χ1n) is 6.67. The molecule has 3 nitrogen and oxygen atoms in total. The molecule has 0 aliphatic rings. The van der Waals surface area contributed by atoms with Crippen molar-refractivity contribution in [2.75, 3.05) is 0 Å². The van der Waals surface area contributed by atoms with E-state index >= 15 is 0 Å². The number of carbonyl (C=O) groups is 2. The van der Waals surface area contributed by atoms with Gasteiger partial charge in [-0.25, -0.2) is 4.79 Å². The Morgan fingerprint density at radius 1 is 0.952 bits per heavy atom. The average Bonchev–Trinajstić information content (AvgIpc) is 2.53. The van der Waals surface area contributed by atoms with Gasteiger partial charge in [0.25, 0.3) is 0 Å². The van der Waals surface area contributed by atoms with E-state index in [2.05, 4.69) is 6.58 Å². The van der Waals surface area contributed by atoms with Crippen molar-refractivity contribution in [1.29, 1.82) is 0 Å². The summed E-state index contributed by atoms with van der Waals surface area (Å²) in [7, 11) is 0. The maximum atomic E-state index is 12.3. The molecule has 0 radical (unpaired) electrons. The summed E-state index contributed by atoms with van der Waals surface area (Å²) in [4.78, 5) is 23.1. The highest BCUT2D eigenvalue weighted by Crippen LogP contribution is 2.14. The first-order chi connectivity index (χ1) is 10.1. The minimum absolute atomic E-state index is 0.0329. The van der Waals surface area contributed by atoms with Crippen molar-refractivity contribution in [2.24, 2.45) is 0 Å². The first-order valence-corrected chi connectivity index (χ1v) is 6.67. The topological polar surface area (TPSA) is 54.4 Å². The quantitative estimate of drug-likeness (QED) is 0.651. The molecule has 106 valence electrons. The molecule has 0 fully saturated rings. The predicted molar refractivity (Wildman–Crippen MR) is 81.4 cm³/mol. The van der Waals surface area contributed by atoms with Gasteiger partial charge in [-0.3, -0.25) is 4.79 Å². The van der Waals surface area contributed by atoms with E-state index in [4.69, 9.17) is 5.11 Å². The van der Waals surface area contributed by atoms with Gasteiger partial charge in [-0.05, 0) is 24.5 Å². The lowest BCUT2D eigenvalue weighted by Crippen LogP contribution is -2.03. The number of aryl methyl sites for hydroxylation is 1. The Hall–Kier alpha value is -2.68. The second-order valence-electron chi connectivity index (χ2n) is 4.80. The number of carbonyl (C=O) groups excluding carboxylic acids is 1. The van der Waals surface area contributed by atoms with Crippen LogP contribution in [0.1, 0.15) is 27.9 Å². The van der Waals surface area contributed by atoms with E-state index in [-0.39, 0.29) is 11.4 Å². The maximum absolute atomic E-state index is 12.3. The summed E-state index contributed by atoms with van der Waals surface area (Å²) in [5.41, 5.74) is 2.36. The molecule has 0 aromatic heterocycles. The number of ketones is 1. The third-order valence-corrected chi connectivity index (χ3v) is 3.24. The van der Waals surface area contributed by atoms with Gasteiger partial charge in [-0.1, -0.05) is 55.1 Å². The lowest BCUT2D eigenvalue weighted by Gasteiger charge is -2.05. The molecule has 0 aliphatic carbocycles. The van der Waals surface area contributed by atoms with Crippen LogP contribution in [0.5, 0.6) is 0 Å². The second kappa shape index (κ2) is 6.66. The Bertz CT molecular complexity index is 672. The van der Waals surface area contributed by atoms with Crippen molar-refractivity contribution < 1.29 is 14.7 Å². The molecule has 0 bridgehead atoms. The van der Waals surface area contributed by atoms with Crippen molar-refractivity contribution in [3.63, 3.8) is 0 Å². The Morgan fingerprint density at radius 3 is 2.29 bits per heavy atom. The van der Waals surface area contributed by atoms with Crippen molar-refractivity contribution >= 4 is 11.8 Å². The van der Waals surface area contributed by atoms with Crippen LogP contribution in [-0.4, -0.2) is 16.9 Å². The number of aliphatic carboxylic acids is 1. The lowest BCUT2D eigenvalue weighted by atomic mass is 9.99. The van der Waals surface area contributed by atoms with Crippen LogP contribution in [0.3, 0.4) is 0 Å². The maximum Gasteiger partial charge on any atom is 0.330 e. The zero-order valence-corrected chi connectivity index (χ0v) is 11.6. The SMILES string of the molecule is C=C(CCc1cccc(C(=O)c2ccccc2)c1)C(=O)O. The van der Waals surface area contributed by atoms with E-state index < -0.39 is 5.97 Å². The second-order valence-corrected chi connectivity index (χ2v) is 4.80. The van der Waals surface area contributed by atoms with Crippen molar-refractivity contribution in [3.8, 4) is 0 Å². The standard InChI is InChI=1S/C18H16O3/c1-13(18(20)21)10-11-14-6-5-9-16(12-14)17(19)15-7-3-2-4-8-15/h2-9,12H,1,10-11H2,(H,20,21). The number of benzene rings is 2. The zero-order chi connectivity index (χ0) is 15.2. The summed E-state index contributed by atoms with van der Waals surface area (Å²) in [6.07, 6.45) is 0.930. The van der Waals surface area contributed by atoms with Crippen molar-refractivity contribution in [3.05, 3.63) is 83.4 Å². The van der Waals surface area contributed by atoms with Gasteiger partial charge < -0.3 is 5.11 Å². The molecule has 21 heavy (non-hydrogen) atoms. The Morgan fingerprint density at radius 2 is 1.62 bits per heavy atom. The Kier molecular flexibility index (Phi) is 4.67. The fourth-order valence-electron chi connectivity index (χ4n) is 2.03. The molecule has 2 aromatic carbocycles. The Labute approximate surface area is 123 Å².